The number of rotatable bonds is 8. The molecule has 1 rings (SSSR count). The second kappa shape index (κ2) is 8.43. The van der Waals surface area contributed by atoms with Gasteiger partial charge in [-0.05, 0) is 18.6 Å². The monoisotopic (exact) mass is 280 g/mol. The zero-order chi connectivity index (χ0) is 15.0. The summed E-state index contributed by atoms with van der Waals surface area (Å²) in [5.41, 5.74) is 6.53. The van der Waals surface area contributed by atoms with Gasteiger partial charge in [-0.1, -0.05) is 13.3 Å². The summed E-state index contributed by atoms with van der Waals surface area (Å²) in [4.78, 5) is 12.0. The van der Waals surface area contributed by atoms with Gasteiger partial charge in [-0.15, -0.1) is 0 Å². The quantitative estimate of drug-likeness (QED) is 0.760. The Labute approximate surface area is 120 Å². The molecule has 1 amide bonds. The number of carbonyl (C=O) groups is 1. The smallest absolute Gasteiger partial charge is 0.224 e. The van der Waals surface area contributed by atoms with Crippen LogP contribution in [0.2, 0.25) is 0 Å². The van der Waals surface area contributed by atoms with E-state index in [2.05, 4.69) is 5.32 Å². The molecule has 0 aromatic heterocycles. The predicted molar refractivity (Wildman–Crippen MR) is 78.8 cm³/mol. The third kappa shape index (κ3) is 4.42. The molecule has 112 valence electrons. The van der Waals surface area contributed by atoms with Crippen molar-refractivity contribution < 1.29 is 14.3 Å². The standard InChI is InChI=1S/C15H24N2O3/c1-4-5-11(9-16)15(18)17-10-12-6-7-13(19-2)8-14(12)20-3/h6-8,11H,4-5,9-10,16H2,1-3H3,(H,17,18). The SMILES string of the molecule is CCCC(CN)C(=O)NCc1ccc(OC)cc1OC. The van der Waals surface area contributed by atoms with Crippen LogP contribution in [-0.2, 0) is 11.3 Å². The van der Waals surface area contributed by atoms with Crippen molar-refractivity contribution in [1.29, 1.82) is 0 Å². The van der Waals surface area contributed by atoms with Crippen LogP contribution in [-0.4, -0.2) is 26.7 Å². The molecule has 0 spiro atoms. The zero-order valence-corrected chi connectivity index (χ0v) is 12.4. The van der Waals surface area contributed by atoms with Gasteiger partial charge in [0.1, 0.15) is 11.5 Å². The summed E-state index contributed by atoms with van der Waals surface area (Å²) in [6, 6.07) is 5.53. The van der Waals surface area contributed by atoms with Gasteiger partial charge in [0.2, 0.25) is 5.91 Å². The van der Waals surface area contributed by atoms with Crippen LogP contribution < -0.4 is 20.5 Å². The highest BCUT2D eigenvalue weighted by molar-refractivity contribution is 5.78. The highest BCUT2D eigenvalue weighted by Gasteiger charge is 2.16. The minimum atomic E-state index is -0.121. The molecular weight excluding hydrogens is 256 g/mol. The van der Waals surface area contributed by atoms with Gasteiger partial charge in [0, 0.05) is 24.7 Å². The number of ether oxygens (including phenoxy) is 2. The fourth-order valence-electron chi connectivity index (χ4n) is 2.03. The average Bonchev–Trinajstić information content (AvgIpc) is 2.49. The van der Waals surface area contributed by atoms with Crippen LogP contribution in [0.1, 0.15) is 25.3 Å². The van der Waals surface area contributed by atoms with Crippen molar-refractivity contribution in [3.63, 3.8) is 0 Å². The number of nitrogens with two attached hydrogens (primary N) is 1. The Morgan fingerprint density at radius 3 is 2.65 bits per heavy atom. The largest absolute Gasteiger partial charge is 0.497 e. The summed E-state index contributed by atoms with van der Waals surface area (Å²) >= 11 is 0. The number of benzene rings is 1. The maximum Gasteiger partial charge on any atom is 0.224 e. The Bertz CT molecular complexity index is 435. The topological polar surface area (TPSA) is 73.6 Å². The third-order valence-electron chi connectivity index (χ3n) is 3.24. The second-order valence-corrected chi connectivity index (χ2v) is 4.62. The van der Waals surface area contributed by atoms with Crippen LogP contribution in [0, 0.1) is 5.92 Å². The maximum absolute atomic E-state index is 12.0. The minimum Gasteiger partial charge on any atom is -0.497 e. The molecule has 0 aliphatic rings. The van der Waals surface area contributed by atoms with E-state index in [1.54, 1.807) is 20.3 Å². The van der Waals surface area contributed by atoms with E-state index in [0.29, 0.717) is 18.8 Å². The van der Waals surface area contributed by atoms with E-state index in [0.717, 1.165) is 24.2 Å². The first-order chi connectivity index (χ1) is 9.65. The molecule has 5 heteroatoms. The van der Waals surface area contributed by atoms with Crippen LogP contribution in [0.4, 0.5) is 0 Å². The number of carbonyl (C=O) groups excluding carboxylic acids is 1. The molecule has 0 aliphatic heterocycles. The van der Waals surface area contributed by atoms with Gasteiger partial charge in [0.25, 0.3) is 0 Å². The Balaban J connectivity index is 2.67. The number of hydrogen-bond donors (Lipinski definition) is 2. The van der Waals surface area contributed by atoms with Crippen LogP contribution in [0.15, 0.2) is 18.2 Å². The number of hydrogen-bond acceptors (Lipinski definition) is 4. The molecule has 5 nitrogen and oxygen atoms in total. The third-order valence-corrected chi connectivity index (χ3v) is 3.24. The first-order valence-electron chi connectivity index (χ1n) is 6.84. The van der Waals surface area contributed by atoms with Crippen molar-refractivity contribution in [3.8, 4) is 11.5 Å². The summed E-state index contributed by atoms with van der Waals surface area (Å²) in [7, 11) is 3.20. The van der Waals surface area contributed by atoms with Crippen molar-refractivity contribution >= 4 is 5.91 Å². The van der Waals surface area contributed by atoms with Crippen molar-refractivity contribution in [2.75, 3.05) is 20.8 Å². The van der Waals surface area contributed by atoms with Gasteiger partial charge in [-0.3, -0.25) is 4.79 Å². The van der Waals surface area contributed by atoms with Gasteiger partial charge in [0.15, 0.2) is 0 Å². The van der Waals surface area contributed by atoms with Crippen LogP contribution in [0.25, 0.3) is 0 Å². The number of amides is 1. The van der Waals surface area contributed by atoms with E-state index in [1.165, 1.54) is 0 Å². The highest BCUT2D eigenvalue weighted by atomic mass is 16.5. The molecule has 1 atom stereocenters. The lowest BCUT2D eigenvalue weighted by atomic mass is 10.0. The molecule has 0 fully saturated rings. The molecular formula is C15H24N2O3. The summed E-state index contributed by atoms with van der Waals surface area (Å²) in [5.74, 6) is 1.30. The zero-order valence-electron chi connectivity index (χ0n) is 12.4. The molecule has 0 saturated carbocycles. The first kappa shape index (κ1) is 16.3. The second-order valence-electron chi connectivity index (χ2n) is 4.62. The van der Waals surface area contributed by atoms with Crippen molar-refractivity contribution in [2.45, 2.75) is 26.3 Å². The molecule has 1 aromatic carbocycles. The average molecular weight is 280 g/mol. The number of methoxy groups -OCH3 is 2. The van der Waals surface area contributed by atoms with E-state index in [9.17, 15) is 4.79 Å². The van der Waals surface area contributed by atoms with Crippen LogP contribution in [0.5, 0.6) is 11.5 Å². The van der Waals surface area contributed by atoms with Gasteiger partial charge in [-0.25, -0.2) is 0 Å². The fraction of sp³-hybridized carbons (Fsp3) is 0.533. The van der Waals surface area contributed by atoms with Crippen molar-refractivity contribution in [3.05, 3.63) is 23.8 Å². The molecule has 0 aliphatic carbocycles. The lowest BCUT2D eigenvalue weighted by molar-refractivity contribution is -0.125. The lowest BCUT2D eigenvalue weighted by Gasteiger charge is -2.15. The van der Waals surface area contributed by atoms with E-state index in [-0.39, 0.29) is 11.8 Å². The van der Waals surface area contributed by atoms with Crippen LogP contribution in [0.3, 0.4) is 0 Å². The summed E-state index contributed by atoms with van der Waals surface area (Å²) < 4.78 is 10.4. The van der Waals surface area contributed by atoms with E-state index >= 15 is 0 Å². The molecule has 20 heavy (non-hydrogen) atoms. The van der Waals surface area contributed by atoms with E-state index in [1.807, 2.05) is 19.1 Å². The minimum absolute atomic E-state index is 0.00720. The normalized spacial score (nSPS) is 11.8. The Hall–Kier alpha value is -1.75. The Kier molecular flexibility index (Phi) is 6.87. The molecule has 1 unspecified atom stereocenters. The van der Waals surface area contributed by atoms with E-state index in [4.69, 9.17) is 15.2 Å². The molecule has 0 bridgehead atoms. The fourth-order valence-corrected chi connectivity index (χ4v) is 2.03. The highest BCUT2D eigenvalue weighted by Crippen LogP contribution is 2.24. The molecule has 1 aromatic rings. The lowest BCUT2D eigenvalue weighted by Crippen LogP contribution is -2.34. The van der Waals surface area contributed by atoms with Gasteiger partial charge in [-0.2, -0.15) is 0 Å². The molecule has 3 N–H and O–H groups in total. The molecule has 0 heterocycles. The van der Waals surface area contributed by atoms with E-state index < -0.39 is 0 Å². The Morgan fingerprint density at radius 2 is 2.10 bits per heavy atom. The summed E-state index contributed by atoms with van der Waals surface area (Å²) in [5, 5.41) is 2.91. The van der Waals surface area contributed by atoms with Gasteiger partial charge in [0.05, 0.1) is 20.1 Å². The predicted octanol–water partition coefficient (Wildman–Crippen LogP) is 1.69. The van der Waals surface area contributed by atoms with Gasteiger partial charge < -0.3 is 20.5 Å². The Morgan fingerprint density at radius 1 is 1.35 bits per heavy atom. The summed E-state index contributed by atoms with van der Waals surface area (Å²) in [6.07, 6.45) is 1.75. The molecule has 0 radical (unpaired) electrons. The summed E-state index contributed by atoms with van der Waals surface area (Å²) in [6.45, 7) is 2.84. The van der Waals surface area contributed by atoms with Crippen molar-refractivity contribution in [2.24, 2.45) is 11.7 Å². The first-order valence-corrected chi connectivity index (χ1v) is 6.84. The van der Waals surface area contributed by atoms with Gasteiger partial charge >= 0.3 is 0 Å². The van der Waals surface area contributed by atoms with Crippen LogP contribution >= 0.6 is 0 Å². The maximum atomic E-state index is 12.0. The number of nitrogens with one attached hydrogen (secondary N) is 1. The van der Waals surface area contributed by atoms with Crippen molar-refractivity contribution in [1.82, 2.24) is 5.32 Å². The molecule has 0 saturated heterocycles.